The molecule has 0 aromatic heterocycles. The van der Waals surface area contributed by atoms with Gasteiger partial charge in [0.15, 0.2) is 5.96 Å². The van der Waals surface area contributed by atoms with E-state index in [1.54, 1.807) is 30.9 Å². The Hall–Kier alpha value is -1.28. The molecule has 0 saturated carbocycles. The van der Waals surface area contributed by atoms with Crippen molar-refractivity contribution >= 4 is 41.7 Å². The highest BCUT2D eigenvalue weighted by molar-refractivity contribution is 14.0. The molecule has 0 saturated heterocycles. The first-order valence-electron chi connectivity index (χ1n) is 6.62. The SMILES string of the molecule is CN=C(NC)NCc1ccc(Sc2ccc(F)cc2)cc1.I. The van der Waals surface area contributed by atoms with E-state index in [-0.39, 0.29) is 29.8 Å². The number of rotatable bonds is 4. The fraction of sp³-hybridized carbons (Fsp3) is 0.188. The first-order valence-corrected chi connectivity index (χ1v) is 7.43. The van der Waals surface area contributed by atoms with E-state index in [4.69, 9.17) is 0 Å². The van der Waals surface area contributed by atoms with E-state index >= 15 is 0 Å². The van der Waals surface area contributed by atoms with E-state index in [0.29, 0.717) is 0 Å². The van der Waals surface area contributed by atoms with Gasteiger partial charge < -0.3 is 10.6 Å². The molecule has 0 aliphatic carbocycles. The maximum Gasteiger partial charge on any atom is 0.190 e. The molecule has 2 rings (SSSR count). The van der Waals surface area contributed by atoms with Crippen molar-refractivity contribution in [3.8, 4) is 0 Å². The van der Waals surface area contributed by atoms with E-state index < -0.39 is 0 Å². The lowest BCUT2D eigenvalue weighted by Gasteiger charge is -2.09. The summed E-state index contributed by atoms with van der Waals surface area (Å²) in [5.74, 6) is 0.554. The van der Waals surface area contributed by atoms with Crippen molar-refractivity contribution < 1.29 is 4.39 Å². The van der Waals surface area contributed by atoms with E-state index in [1.165, 1.54) is 17.7 Å². The summed E-state index contributed by atoms with van der Waals surface area (Å²) < 4.78 is 12.9. The van der Waals surface area contributed by atoms with E-state index in [2.05, 4.69) is 39.9 Å². The summed E-state index contributed by atoms with van der Waals surface area (Å²) in [7, 11) is 3.57. The topological polar surface area (TPSA) is 36.4 Å². The average Bonchev–Trinajstić information content (AvgIpc) is 2.52. The molecule has 0 fully saturated rings. The van der Waals surface area contributed by atoms with Crippen molar-refractivity contribution in [1.82, 2.24) is 10.6 Å². The Morgan fingerprint density at radius 1 is 1.05 bits per heavy atom. The molecule has 2 N–H and O–H groups in total. The molecule has 0 bridgehead atoms. The second-order valence-electron chi connectivity index (χ2n) is 4.38. The van der Waals surface area contributed by atoms with Crippen molar-refractivity contribution in [2.75, 3.05) is 14.1 Å². The molecular weight excluding hydrogens is 412 g/mol. The minimum Gasteiger partial charge on any atom is -0.359 e. The number of nitrogens with one attached hydrogen (secondary N) is 2. The van der Waals surface area contributed by atoms with Gasteiger partial charge in [0.25, 0.3) is 0 Å². The normalized spacial score (nSPS) is 10.8. The van der Waals surface area contributed by atoms with Crippen LogP contribution in [0.3, 0.4) is 0 Å². The molecule has 0 amide bonds. The highest BCUT2D eigenvalue weighted by Gasteiger charge is 2.00. The second kappa shape index (κ2) is 9.68. The van der Waals surface area contributed by atoms with Gasteiger partial charge in [-0.05, 0) is 42.0 Å². The zero-order chi connectivity index (χ0) is 15.1. The zero-order valence-electron chi connectivity index (χ0n) is 12.5. The number of halogens is 2. The summed E-state index contributed by atoms with van der Waals surface area (Å²) in [6.07, 6.45) is 0. The Morgan fingerprint density at radius 3 is 2.09 bits per heavy atom. The van der Waals surface area contributed by atoms with Gasteiger partial charge in [0.2, 0.25) is 0 Å². The minimum absolute atomic E-state index is 0. The van der Waals surface area contributed by atoms with Gasteiger partial charge in [-0.3, -0.25) is 4.99 Å². The standard InChI is InChI=1S/C16H18FN3S.HI/c1-18-16(19-2)20-11-12-3-7-14(8-4-12)21-15-9-5-13(17)6-10-15;/h3-10H,11H2,1-2H3,(H2,18,19,20);1H. The summed E-state index contributed by atoms with van der Waals surface area (Å²) in [6, 6.07) is 14.8. The lowest BCUT2D eigenvalue weighted by molar-refractivity contribution is 0.626. The van der Waals surface area contributed by atoms with Crippen molar-refractivity contribution in [3.63, 3.8) is 0 Å². The predicted octanol–water partition coefficient (Wildman–Crippen LogP) is 3.89. The monoisotopic (exact) mass is 431 g/mol. The summed E-state index contributed by atoms with van der Waals surface area (Å²) in [6.45, 7) is 0.717. The maximum atomic E-state index is 12.9. The van der Waals surface area contributed by atoms with E-state index in [1.807, 2.05) is 7.05 Å². The Bertz CT molecular complexity index is 600. The summed E-state index contributed by atoms with van der Waals surface area (Å²) in [5.41, 5.74) is 1.18. The molecule has 0 spiro atoms. The van der Waals surface area contributed by atoms with Crippen LogP contribution in [0.2, 0.25) is 0 Å². The van der Waals surface area contributed by atoms with E-state index in [9.17, 15) is 4.39 Å². The van der Waals surface area contributed by atoms with Crippen LogP contribution in [0.1, 0.15) is 5.56 Å². The van der Waals surface area contributed by atoms with Crippen LogP contribution in [0.15, 0.2) is 63.3 Å². The van der Waals surface area contributed by atoms with Crippen LogP contribution in [-0.4, -0.2) is 20.1 Å². The van der Waals surface area contributed by atoms with Crippen LogP contribution < -0.4 is 10.6 Å². The molecule has 2 aromatic carbocycles. The molecule has 2 aromatic rings. The molecule has 3 nitrogen and oxygen atoms in total. The third kappa shape index (κ3) is 5.84. The summed E-state index contributed by atoms with van der Waals surface area (Å²) >= 11 is 1.62. The van der Waals surface area contributed by atoms with Crippen LogP contribution in [0.4, 0.5) is 4.39 Å². The average molecular weight is 431 g/mol. The number of benzene rings is 2. The molecule has 0 aliphatic heterocycles. The quantitative estimate of drug-likeness (QED) is 0.438. The first-order chi connectivity index (χ1) is 10.2. The molecule has 22 heavy (non-hydrogen) atoms. The number of hydrogen-bond donors (Lipinski definition) is 2. The number of guanidine groups is 1. The molecule has 0 atom stereocenters. The number of nitrogens with zero attached hydrogens (tertiary/aromatic N) is 1. The zero-order valence-corrected chi connectivity index (χ0v) is 15.6. The Morgan fingerprint density at radius 2 is 1.59 bits per heavy atom. The van der Waals surface area contributed by atoms with Gasteiger partial charge >= 0.3 is 0 Å². The second-order valence-corrected chi connectivity index (χ2v) is 5.52. The third-order valence-corrected chi connectivity index (χ3v) is 3.91. The van der Waals surface area contributed by atoms with Gasteiger partial charge in [0, 0.05) is 30.4 Å². The third-order valence-electron chi connectivity index (χ3n) is 2.89. The summed E-state index contributed by atoms with van der Waals surface area (Å²) in [5, 5.41) is 6.18. The molecule has 0 unspecified atom stereocenters. The Kier molecular flexibility index (Phi) is 8.26. The van der Waals surface area contributed by atoms with Gasteiger partial charge in [-0.15, -0.1) is 24.0 Å². The van der Waals surface area contributed by atoms with Gasteiger partial charge in [-0.25, -0.2) is 4.39 Å². The van der Waals surface area contributed by atoms with Crippen LogP contribution in [-0.2, 0) is 6.54 Å². The molecule has 0 aliphatic rings. The molecule has 0 heterocycles. The number of aliphatic imine (C=N–C) groups is 1. The predicted molar refractivity (Wildman–Crippen MR) is 102 cm³/mol. The lowest BCUT2D eigenvalue weighted by atomic mass is 10.2. The largest absolute Gasteiger partial charge is 0.359 e. The van der Waals surface area contributed by atoms with Gasteiger partial charge in [-0.1, -0.05) is 23.9 Å². The molecule has 0 radical (unpaired) electrons. The summed E-state index contributed by atoms with van der Waals surface area (Å²) in [4.78, 5) is 6.22. The first kappa shape index (κ1) is 18.8. The van der Waals surface area contributed by atoms with Crippen molar-refractivity contribution in [2.24, 2.45) is 4.99 Å². The van der Waals surface area contributed by atoms with Crippen molar-refractivity contribution in [2.45, 2.75) is 16.3 Å². The lowest BCUT2D eigenvalue weighted by Crippen LogP contribution is -2.34. The van der Waals surface area contributed by atoms with Gasteiger partial charge in [-0.2, -0.15) is 0 Å². The minimum atomic E-state index is -0.210. The number of hydrogen-bond acceptors (Lipinski definition) is 2. The smallest absolute Gasteiger partial charge is 0.190 e. The highest BCUT2D eigenvalue weighted by Crippen LogP contribution is 2.27. The fourth-order valence-electron chi connectivity index (χ4n) is 1.78. The molecule has 6 heteroatoms. The van der Waals surface area contributed by atoms with Gasteiger partial charge in [0.1, 0.15) is 5.82 Å². The Labute approximate surface area is 151 Å². The van der Waals surface area contributed by atoms with E-state index in [0.717, 1.165) is 22.3 Å². The van der Waals surface area contributed by atoms with Crippen LogP contribution in [0.5, 0.6) is 0 Å². The fourth-order valence-corrected chi connectivity index (χ4v) is 2.60. The van der Waals surface area contributed by atoms with Crippen LogP contribution in [0, 0.1) is 5.82 Å². The van der Waals surface area contributed by atoms with Crippen LogP contribution in [0.25, 0.3) is 0 Å². The molecular formula is C16H19FIN3S. The molecule has 118 valence electrons. The van der Waals surface area contributed by atoms with Crippen molar-refractivity contribution in [1.29, 1.82) is 0 Å². The van der Waals surface area contributed by atoms with Crippen molar-refractivity contribution in [3.05, 3.63) is 59.9 Å². The Balaban J connectivity index is 0.00000242. The van der Waals surface area contributed by atoms with Gasteiger partial charge in [0.05, 0.1) is 0 Å². The highest BCUT2D eigenvalue weighted by atomic mass is 127. The maximum absolute atomic E-state index is 12.9. The van der Waals surface area contributed by atoms with Crippen LogP contribution >= 0.6 is 35.7 Å².